The first kappa shape index (κ1) is 23.2. The molecule has 0 bridgehead atoms. The summed E-state index contributed by atoms with van der Waals surface area (Å²) in [6.45, 7) is 6.30. The van der Waals surface area contributed by atoms with Crippen molar-refractivity contribution in [1.29, 1.82) is 0 Å². The Bertz CT molecular complexity index is 469. The maximum Gasteiger partial charge on any atom is 0.191 e. The Hall–Kier alpha value is -0.830. The second-order valence-corrected chi connectivity index (χ2v) is 6.70. The molecule has 0 amide bonds. The van der Waals surface area contributed by atoms with Crippen LogP contribution in [0.25, 0.3) is 0 Å². The van der Waals surface area contributed by atoms with Gasteiger partial charge in [0.05, 0.1) is 12.2 Å². The Balaban J connectivity index is 0.00000529. The van der Waals surface area contributed by atoms with E-state index in [0.29, 0.717) is 0 Å². The molecule has 1 aromatic rings. The first-order chi connectivity index (χ1) is 10.9. The van der Waals surface area contributed by atoms with Crippen LogP contribution in [-0.2, 0) is 7.05 Å². The fourth-order valence-electron chi connectivity index (χ4n) is 2.51. The molecule has 1 atom stereocenters. The van der Waals surface area contributed by atoms with Crippen LogP contribution in [0, 0.1) is 5.92 Å². The second-order valence-electron chi connectivity index (χ2n) is 6.70. The summed E-state index contributed by atoms with van der Waals surface area (Å²) in [4.78, 5) is 6.50. The molecule has 7 heteroatoms. The number of likely N-dealkylation sites (N-methyl/N-ethyl adjacent to an activating group) is 1. The van der Waals surface area contributed by atoms with E-state index in [-0.39, 0.29) is 30.0 Å². The van der Waals surface area contributed by atoms with E-state index >= 15 is 0 Å². The number of rotatable bonds is 9. The van der Waals surface area contributed by atoms with Crippen molar-refractivity contribution in [3.63, 3.8) is 0 Å². The summed E-state index contributed by atoms with van der Waals surface area (Å²) in [7, 11) is 7.93. The molecule has 0 aliphatic rings. The molecule has 1 rings (SSSR count). The van der Waals surface area contributed by atoms with E-state index in [1.54, 1.807) is 0 Å². The zero-order chi connectivity index (χ0) is 17.2. The first-order valence-corrected chi connectivity index (χ1v) is 8.53. The van der Waals surface area contributed by atoms with Gasteiger partial charge in [-0.2, -0.15) is 5.10 Å². The SMILES string of the molecule is CN=C(NCCCCC(C)C)NCC(c1cnn(C)c1)N(C)C.I. The fourth-order valence-corrected chi connectivity index (χ4v) is 2.51. The van der Waals surface area contributed by atoms with Gasteiger partial charge in [-0.15, -0.1) is 24.0 Å². The summed E-state index contributed by atoms with van der Waals surface area (Å²) >= 11 is 0. The van der Waals surface area contributed by atoms with E-state index in [4.69, 9.17) is 0 Å². The highest BCUT2D eigenvalue weighted by Gasteiger charge is 2.16. The van der Waals surface area contributed by atoms with Crippen molar-refractivity contribution in [2.45, 2.75) is 39.2 Å². The first-order valence-electron chi connectivity index (χ1n) is 8.53. The van der Waals surface area contributed by atoms with Gasteiger partial charge in [-0.05, 0) is 26.4 Å². The van der Waals surface area contributed by atoms with E-state index in [1.807, 2.05) is 25.0 Å². The quantitative estimate of drug-likeness (QED) is 0.263. The monoisotopic (exact) mass is 450 g/mol. The number of guanidine groups is 1. The number of nitrogens with zero attached hydrogens (tertiary/aromatic N) is 4. The van der Waals surface area contributed by atoms with Crippen molar-refractivity contribution in [2.24, 2.45) is 18.0 Å². The number of hydrogen-bond donors (Lipinski definition) is 2. The summed E-state index contributed by atoms with van der Waals surface area (Å²) in [5, 5.41) is 11.1. The summed E-state index contributed by atoms with van der Waals surface area (Å²) in [6, 6.07) is 0.267. The highest BCUT2D eigenvalue weighted by atomic mass is 127. The van der Waals surface area contributed by atoms with Gasteiger partial charge in [0.15, 0.2) is 5.96 Å². The standard InChI is InChI=1S/C17H34N6.HI/c1-14(2)9-7-8-10-19-17(18-3)20-12-16(22(4)5)15-11-21-23(6)13-15;/h11,13-14,16H,7-10,12H2,1-6H3,(H2,18,19,20);1H. The summed E-state index contributed by atoms with van der Waals surface area (Å²) < 4.78 is 1.84. The highest BCUT2D eigenvalue weighted by Crippen LogP contribution is 2.15. The zero-order valence-electron chi connectivity index (χ0n) is 16.0. The summed E-state index contributed by atoms with van der Waals surface area (Å²) in [5.74, 6) is 1.65. The zero-order valence-corrected chi connectivity index (χ0v) is 18.4. The van der Waals surface area contributed by atoms with Crippen molar-refractivity contribution in [2.75, 3.05) is 34.2 Å². The minimum Gasteiger partial charge on any atom is -0.356 e. The van der Waals surface area contributed by atoms with Crippen LogP contribution in [0.2, 0.25) is 0 Å². The molecule has 0 aliphatic heterocycles. The van der Waals surface area contributed by atoms with Gasteiger partial charge in [0.2, 0.25) is 0 Å². The Morgan fingerprint density at radius 1 is 1.29 bits per heavy atom. The van der Waals surface area contributed by atoms with Gasteiger partial charge in [0.25, 0.3) is 0 Å². The maximum absolute atomic E-state index is 4.31. The van der Waals surface area contributed by atoms with E-state index < -0.39 is 0 Å². The Morgan fingerprint density at radius 3 is 2.50 bits per heavy atom. The number of halogens is 1. The largest absolute Gasteiger partial charge is 0.356 e. The van der Waals surface area contributed by atoms with Crippen LogP contribution in [0.15, 0.2) is 17.4 Å². The molecular formula is C17H35IN6. The van der Waals surface area contributed by atoms with Gasteiger partial charge >= 0.3 is 0 Å². The van der Waals surface area contributed by atoms with Crippen LogP contribution in [-0.4, -0.2) is 54.9 Å². The Kier molecular flexibility index (Phi) is 12.1. The van der Waals surface area contributed by atoms with Crippen LogP contribution in [0.3, 0.4) is 0 Å². The normalized spacial score (nSPS) is 13.1. The maximum atomic E-state index is 4.31. The molecule has 6 nitrogen and oxygen atoms in total. The fraction of sp³-hybridized carbons (Fsp3) is 0.765. The van der Waals surface area contributed by atoms with Crippen molar-refractivity contribution >= 4 is 29.9 Å². The third kappa shape index (κ3) is 8.86. The molecule has 0 aromatic carbocycles. The molecule has 0 aliphatic carbocycles. The molecule has 0 radical (unpaired) electrons. The number of hydrogen-bond acceptors (Lipinski definition) is 3. The molecule has 1 aromatic heterocycles. The van der Waals surface area contributed by atoms with Crippen LogP contribution >= 0.6 is 24.0 Å². The van der Waals surface area contributed by atoms with Gasteiger partial charge in [0.1, 0.15) is 0 Å². The molecule has 24 heavy (non-hydrogen) atoms. The molecule has 0 saturated heterocycles. The average molecular weight is 450 g/mol. The predicted octanol–water partition coefficient (Wildman–Crippen LogP) is 2.63. The van der Waals surface area contributed by atoms with Gasteiger partial charge in [-0.25, -0.2) is 0 Å². The molecule has 1 unspecified atom stereocenters. The molecule has 140 valence electrons. The topological polar surface area (TPSA) is 57.5 Å². The van der Waals surface area contributed by atoms with Gasteiger partial charge in [0, 0.05) is 38.9 Å². The number of aliphatic imine (C=N–C) groups is 1. The van der Waals surface area contributed by atoms with Crippen molar-refractivity contribution in [3.8, 4) is 0 Å². The van der Waals surface area contributed by atoms with Crippen molar-refractivity contribution in [3.05, 3.63) is 18.0 Å². The van der Waals surface area contributed by atoms with E-state index in [2.05, 4.69) is 59.8 Å². The highest BCUT2D eigenvalue weighted by molar-refractivity contribution is 14.0. The van der Waals surface area contributed by atoms with E-state index in [0.717, 1.165) is 25.0 Å². The Morgan fingerprint density at radius 2 is 2.00 bits per heavy atom. The molecule has 0 saturated carbocycles. The summed E-state index contributed by atoms with van der Waals surface area (Å²) in [6.07, 6.45) is 7.72. The number of aromatic nitrogens is 2. The molecule has 1 heterocycles. The molecular weight excluding hydrogens is 415 g/mol. The third-order valence-corrected chi connectivity index (χ3v) is 3.92. The van der Waals surface area contributed by atoms with Crippen molar-refractivity contribution < 1.29 is 0 Å². The summed E-state index contributed by atoms with van der Waals surface area (Å²) in [5.41, 5.74) is 1.21. The minimum atomic E-state index is 0. The van der Waals surface area contributed by atoms with Gasteiger partial charge < -0.3 is 15.5 Å². The van der Waals surface area contributed by atoms with Crippen LogP contribution in [0.5, 0.6) is 0 Å². The Labute approximate surface area is 164 Å². The molecule has 0 spiro atoms. The van der Waals surface area contributed by atoms with E-state index in [1.165, 1.54) is 24.8 Å². The predicted molar refractivity (Wildman–Crippen MR) is 113 cm³/mol. The molecule has 2 N–H and O–H groups in total. The minimum absolute atomic E-state index is 0. The molecule has 0 fully saturated rings. The average Bonchev–Trinajstić information content (AvgIpc) is 2.90. The lowest BCUT2D eigenvalue weighted by Crippen LogP contribution is -2.42. The van der Waals surface area contributed by atoms with Crippen LogP contribution < -0.4 is 10.6 Å². The van der Waals surface area contributed by atoms with Gasteiger partial charge in [-0.3, -0.25) is 9.67 Å². The van der Waals surface area contributed by atoms with E-state index in [9.17, 15) is 0 Å². The lowest BCUT2D eigenvalue weighted by Gasteiger charge is -2.24. The second kappa shape index (κ2) is 12.5. The van der Waals surface area contributed by atoms with Crippen LogP contribution in [0.4, 0.5) is 0 Å². The van der Waals surface area contributed by atoms with Crippen LogP contribution in [0.1, 0.15) is 44.7 Å². The lowest BCUT2D eigenvalue weighted by molar-refractivity contribution is 0.298. The van der Waals surface area contributed by atoms with Crippen molar-refractivity contribution in [1.82, 2.24) is 25.3 Å². The third-order valence-electron chi connectivity index (χ3n) is 3.92. The smallest absolute Gasteiger partial charge is 0.191 e. The lowest BCUT2D eigenvalue weighted by atomic mass is 10.1. The number of unbranched alkanes of at least 4 members (excludes halogenated alkanes) is 1. The number of aryl methyl sites for hydroxylation is 1. The number of nitrogens with one attached hydrogen (secondary N) is 2. The van der Waals surface area contributed by atoms with Gasteiger partial charge in [-0.1, -0.05) is 26.7 Å².